The van der Waals surface area contributed by atoms with Crippen LogP contribution in [0.2, 0.25) is 0 Å². The van der Waals surface area contributed by atoms with Crippen molar-refractivity contribution in [1.29, 1.82) is 0 Å². The van der Waals surface area contributed by atoms with Crippen LogP contribution in [-0.4, -0.2) is 59.4 Å². The monoisotopic (exact) mass is 620 g/mol. The Hall–Kier alpha value is -2.37. The lowest BCUT2D eigenvalue weighted by molar-refractivity contribution is -0.158. The van der Waals surface area contributed by atoms with Gasteiger partial charge in [-0.05, 0) is 64.8 Å². The highest BCUT2D eigenvalue weighted by Gasteiger charge is 2.49. The molecule has 2 aromatic rings. The first-order valence-corrected chi connectivity index (χ1v) is 17.1. The first kappa shape index (κ1) is 32.5. The average Bonchev–Trinajstić information content (AvgIpc) is 3.53. The van der Waals surface area contributed by atoms with Crippen molar-refractivity contribution in [2.24, 2.45) is 5.92 Å². The molecule has 1 aromatic carbocycles. The Bertz CT molecular complexity index is 1200. The molecule has 1 saturated carbocycles. The fourth-order valence-electron chi connectivity index (χ4n) is 5.13. The lowest BCUT2D eigenvalue weighted by Gasteiger charge is -2.41. The quantitative estimate of drug-likeness (QED) is 0.121. The first-order chi connectivity index (χ1) is 20.2. The van der Waals surface area contributed by atoms with Crippen molar-refractivity contribution < 1.29 is 23.3 Å². The average molecular weight is 621 g/mol. The van der Waals surface area contributed by atoms with E-state index in [1.165, 1.54) is 11.8 Å². The summed E-state index contributed by atoms with van der Waals surface area (Å²) in [4.78, 5) is 24.0. The number of hydrogen-bond acceptors (Lipinski definition) is 12. The molecule has 2 fully saturated rings. The number of nitrogens with one attached hydrogen (secondary N) is 2. The van der Waals surface area contributed by atoms with E-state index in [1.54, 1.807) is 0 Å². The molecular weight excluding hydrogens is 575 g/mol. The van der Waals surface area contributed by atoms with Gasteiger partial charge in [0.1, 0.15) is 28.2 Å². The zero-order valence-corrected chi connectivity index (χ0v) is 27.4. The molecule has 4 atom stereocenters. The second-order valence-electron chi connectivity index (χ2n) is 10.9. The Labute approximate surface area is 255 Å². The third-order valence-corrected chi connectivity index (χ3v) is 9.41. The SMILES string of the molecule is CC.CSc1nc(N)nc2c1NCN2C1OC(COP(NC2(C(=O)OC(C)C)CCC2)Oc2ccc(C)cc2)CC1C. The molecule has 232 valence electrons. The lowest BCUT2D eigenvalue weighted by atomic mass is 9.78. The van der Waals surface area contributed by atoms with Crippen LogP contribution in [0, 0.1) is 12.8 Å². The van der Waals surface area contributed by atoms with Crippen LogP contribution in [0.25, 0.3) is 0 Å². The van der Waals surface area contributed by atoms with Crippen LogP contribution in [-0.2, 0) is 18.8 Å². The number of hydrogen-bond donors (Lipinski definition) is 3. The van der Waals surface area contributed by atoms with Gasteiger partial charge in [0.05, 0.1) is 25.5 Å². The highest BCUT2D eigenvalue weighted by molar-refractivity contribution is 7.98. The van der Waals surface area contributed by atoms with Gasteiger partial charge < -0.3 is 34.5 Å². The zero-order valence-electron chi connectivity index (χ0n) is 25.7. The van der Waals surface area contributed by atoms with E-state index in [0.717, 1.165) is 34.9 Å². The summed E-state index contributed by atoms with van der Waals surface area (Å²) < 4.78 is 24.7. The van der Waals surface area contributed by atoms with Crippen LogP contribution in [0.1, 0.15) is 65.9 Å². The molecule has 4 N–H and O–H groups in total. The summed E-state index contributed by atoms with van der Waals surface area (Å²) >= 11 is 1.53. The van der Waals surface area contributed by atoms with Crippen molar-refractivity contribution in [3.8, 4) is 5.75 Å². The van der Waals surface area contributed by atoms with Gasteiger partial charge in [-0.25, -0.2) is 10.1 Å². The molecule has 0 amide bonds. The van der Waals surface area contributed by atoms with Crippen molar-refractivity contribution in [2.45, 2.75) is 96.2 Å². The summed E-state index contributed by atoms with van der Waals surface area (Å²) in [5, 5.41) is 7.62. The van der Waals surface area contributed by atoms with E-state index in [0.29, 0.717) is 31.9 Å². The summed E-state index contributed by atoms with van der Waals surface area (Å²) in [6, 6.07) is 7.80. The highest BCUT2D eigenvalue weighted by atomic mass is 32.2. The number of nitrogens with zero attached hydrogens (tertiary/aromatic N) is 3. The van der Waals surface area contributed by atoms with Gasteiger partial charge in [0.25, 0.3) is 0 Å². The maximum absolute atomic E-state index is 13.0. The van der Waals surface area contributed by atoms with Crippen molar-refractivity contribution >= 4 is 43.7 Å². The maximum atomic E-state index is 13.0. The Morgan fingerprint density at radius 1 is 1.29 bits per heavy atom. The lowest BCUT2D eigenvalue weighted by Crippen LogP contribution is -2.56. The van der Waals surface area contributed by atoms with Crippen molar-refractivity contribution in [2.75, 3.05) is 35.5 Å². The molecule has 2 aliphatic heterocycles. The van der Waals surface area contributed by atoms with E-state index in [4.69, 9.17) is 24.3 Å². The third kappa shape index (κ3) is 7.39. The molecule has 1 saturated heterocycles. The van der Waals surface area contributed by atoms with E-state index in [2.05, 4.69) is 32.2 Å². The zero-order chi connectivity index (χ0) is 30.4. The Morgan fingerprint density at radius 3 is 2.62 bits per heavy atom. The predicted octanol–water partition coefficient (Wildman–Crippen LogP) is 5.84. The third-order valence-electron chi connectivity index (χ3n) is 7.36. The number of nitrogens with two attached hydrogens (primary N) is 1. The molecule has 13 heteroatoms. The van der Waals surface area contributed by atoms with E-state index in [-0.39, 0.29) is 36.3 Å². The number of rotatable bonds is 11. The predicted molar refractivity (Wildman–Crippen MR) is 169 cm³/mol. The number of fused-ring (bicyclic) bond motifs is 1. The van der Waals surface area contributed by atoms with E-state index in [9.17, 15) is 4.79 Å². The number of ether oxygens (including phenoxy) is 2. The number of nitrogen functional groups attached to an aromatic ring is 1. The molecule has 0 radical (unpaired) electrons. The number of carbonyl (C=O) groups excluding carboxylic acids is 1. The van der Waals surface area contributed by atoms with Crippen LogP contribution in [0.15, 0.2) is 29.3 Å². The number of carbonyl (C=O) groups is 1. The highest BCUT2D eigenvalue weighted by Crippen LogP contribution is 2.46. The van der Waals surface area contributed by atoms with E-state index >= 15 is 0 Å². The van der Waals surface area contributed by atoms with Crippen molar-refractivity contribution in [3.63, 3.8) is 0 Å². The molecule has 4 unspecified atom stereocenters. The minimum Gasteiger partial charge on any atom is -0.462 e. The fourth-order valence-corrected chi connectivity index (χ4v) is 7.13. The number of aromatic nitrogens is 2. The number of thioether (sulfide) groups is 1. The van der Waals surface area contributed by atoms with E-state index in [1.807, 2.05) is 65.1 Å². The number of benzene rings is 1. The summed E-state index contributed by atoms with van der Waals surface area (Å²) in [5.74, 6) is 1.66. The molecule has 1 aliphatic carbocycles. The molecule has 3 heterocycles. The number of esters is 1. The Morgan fingerprint density at radius 2 is 2.00 bits per heavy atom. The summed E-state index contributed by atoms with van der Waals surface area (Å²) in [6.07, 6.45) is 4.54. The Kier molecular flexibility index (Phi) is 11.2. The molecule has 5 rings (SSSR count). The van der Waals surface area contributed by atoms with Crippen LogP contribution >= 0.6 is 20.3 Å². The minimum atomic E-state index is -1.65. The fraction of sp³-hybridized carbons (Fsp3) is 0.621. The Balaban J connectivity index is 0.00000198. The summed E-state index contributed by atoms with van der Waals surface area (Å²) in [5.41, 5.74) is 7.21. The largest absolute Gasteiger partial charge is 0.462 e. The van der Waals surface area contributed by atoms with Crippen LogP contribution in [0.3, 0.4) is 0 Å². The second-order valence-corrected chi connectivity index (χ2v) is 12.9. The van der Waals surface area contributed by atoms with Crippen molar-refractivity contribution in [3.05, 3.63) is 29.8 Å². The van der Waals surface area contributed by atoms with Gasteiger partial charge in [-0.2, -0.15) is 4.98 Å². The summed E-state index contributed by atoms with van der Waals surface area (Å²) in [7, 11) is -1.65. The summed E-state index contributed by atoms with van der Waals surface area (Å²) in [6.45, 7) is 12.8. The molecular formula is C29H45N6O5PS. The van der Waals surface area contributed by atoms with Crippen LogP contribution < -0.4 is 25.6 Å². The normalized spacial score (nSPS) is 22.9. The van der Waals surface area contributed by atoms with Gasteiger partial charge in [-0.15, -0.1) is 11.8 Å². The van der Waals surface area contributed by atoms with Gasteiger partial charge in [0.2, 0.25) is 5.95 Å². The van der Waals surface area contributed by atoms with Gasteiger partial charge in [-0.1, -0.05) is 38.5 Å². The van der Waals surface area contributed by atoms with Gasteiger partial charge in [0, 0.05) is 5.92 Å². The molecule has 3 aliphatic rings. The smallest absolute Gasteiger partial charge is 0.327 e. The molecule has 42 heavy (non-hydrogen) atoms. The first-order valence-electron chi connectivity index (χ1n) is 14.7. The molecule has 0 bridgehead atoms. The van der Waals surface area contributed by atoms with Gasteiger partial charge >= 0.3 is 14.5 Å². The van der Waals surface area contributed by atoms with Crippen molar-refractivity contribution in [1.82, 2.24) is 15.1 Å². The number of anilines is 3. The topological polar surface area (TPSA) is 133 Å². The standard InChI is InChI=1S/C27H39N6O5PS.C2H6/c1-16(2)36-25(34)27(11-6-12-27)32-39(38-19-9-7-17(3)8-10-19)35-14-20-13-18(4)24(37-20)33-15-29-21-22(33)30-26(28)31-23(21)40-5;1-2/h7-10,16,18,20,24,29,32H,6,11-15H2,1-5H3,(H2,28,30,31);1-2H3. The van der Waals surface area contributed by atoms with Crippen LogP contribution in [0.4, 0.5) is 17.5 Å². The van der Waals surface area contributed by atoms with Gasteiger partial charge in [0.15, 0.2) is 5.82 Å². The molecule has 1 aromatic heterocycles. The van der Waals surface area contributed by atoms with E-state index < -0.39 is 14.1 Å². The molecule has 11 nitrogen and oxygen atoms in total. The minimum absolute atomic E-state index is 0.156. The number of aryl methyl sites for hydroxylation is 1. The molecule has 0 spiro atoms. The van der Waals surface area contributed by atoms with Gasteiger partial charge in [-0.3, -0.25) is 4.79 Å². The van der Waals surface area contributed by atoms with Crippen LogP contribution in [0.5, 0.6) is 5.75 Å². The second kappa shape index (κ2) is 14.4. The maximum Gasteiger partial charge on any atom is 0.327 e.